The molecule has 0 saturated carbocycles. The van der Waals surface area contributed by atoms with Crippen LogP contribution in [0, 0.1) is 12.5 Å². The second-order valence-electron chi connectivity index (χ2n) is 4.15. The minimum atomic E-state index is 0.689. The zero-order chi connectivity index (χ0) is 11.6. The van der Waals surface area contributed by atoms with Crippen LogP contribution in [0.25, 0.3) is 0 Å². The Labute approximate surface area is 95.2 Å². The Hall–Kier alpha value is -0.680. The Morgan fingerprint density at radius 1 is 1.07 bits per heavy atom. The maximum atomic E-state index is 5.09. The highest BCUT2D eigenvalue weighted by molar-refractivity contribution is 4.68. The van der Waals surface area contributed by atoms with Gasteiger partial charge < -0.3 is 9.22 Å². The van der Waals surface area contributed by atoms with E-state index in [1.165, 1.54) is 38.9 Å². The second-order valence-corrected chi connectivity index (χ2v) is 4.15. The van der Waals surface area contributed by atoms with Gasteiger partial charge in [0.15, 0.2) is 0 Å². The molecule has 1 unspecified atom stereocenters. The van der Waals surface area contributed by atoms with Crippen LogP contribution >= 0.6 is 0 Å². The van der Waals surface area contributed by atoms with Crippen molar-refractivity contribution >= 4 is 0 Å². The van der Waals surface area contributed by atoms with Gasteiger partial charge in [0.2, 0.25) is 0 Å². The van der Waals surface area contributed by atoms with Gasteiger partial charge in [-0.1, -0.05) is 26.7 Å². The highest BCUT2D eigenvalue weighted by atomic mass is 16.5. The molecule has 0 aliphatic rings. The van der Waals surface area contributed by atoms with Gasteiger partial charge in [0, 0.05) is 0 Å². The fourth-order valence-corrected chi connectivity index (χ4v) is 2.08. The second kappa shape index (κ2) is 8.61. The van der Waals surface area contributed by atoms with Crippen molar-refractivity contribution in [3.05, 3.63) is 0 Å². The summed E-state index contributed by atoms with van der Waals surface area (Å²) >= 11 is 0. The van der Waals surface area contributed by atoms with Gasteiger partial charge in [-0.15, -0.1) is 0 Å². The molecule has 0 bridgehead atoms. The van der Waals surface area contributed by atoms with Crippen molar-refractivity contribution in [2.45, 2.75) is 40.0 Å². The van der Waals surface area contributed by atoms with Crippen LogP contribution in [0.5, 0.6) is 0 Å². The van der Waals surface area contributed by atoms with Crippen LogP contribution in [0.1, 0.15) is 40.0 Å². The molecule has 0 amide bonds. The fraction of sp³-hybridized carbons (Fsp3) is 0.846. The van der Waals surface area contributed by atoms with Gasteiger partial charge >= 0.3 is 0 Å². The summed E-state index contributed by atoms with van der Waals surface area (Å²) in [5.41, 5.74) is 0. The Morgan fingerprint density at radius 3 is 2.27 bits per heavy atom. The van der Waals surface area contributed by atoms with Crippen molar-refractivity contribution in [1.29, 1.82) is 0 Å². The van der Waals surface area contributed by atoms with Gasteiger partial charge in [0.05, 0.1) is 19.6 Å². The lowest BCUT2D eigenvalue weighted by molar-refractivity contribution is -0.927. The fourth-order valence-electron chi connectivity index (χ4n) is 2.08. The van der Waals surface area contributed by atoms with Crippen LogP contribution in [0.2, 0.25) is 0 Å². The summed E-state index contributed by atoms with van der Waals surface area (Å²) in [4.78, 5) is 0. The molecule has 88 valence electrons. The van der Waals surface area contributed by atoms with Crippen molar-refractivity contribution in [2.24, 2.45) is 0 Å². The molecule has 2 heteroatoms. The van der Waals surface area contributed by atoms with E-state index in [0.29, 0.717) is 6.61 Å². The molecule has 0 spiro atoms. The number of quaternary nitrogens is 1. The van der Waals surface area contributed by atoms with Crippen LogP contribution in [-0.2, 0) is 4.74 Å². The first-order valence-electron chi connectivity index (χ1n) is 6.17. The molecule has 0 aromatic heterocycles. The molecule has 2 nitrogen and oxygen atoms in total. The third kappa shape index (κ3) is 5.69. The minimum Gasteiger partial charge on any atom is -0.441 e. The van der Waals surface area contributed by atoms with Crippen molar-refractivity contribution in [3.8, 4) is 12.5 Å². The Balaban J connectivity index is 4.16. The molecule has 0 N–H and O–H groups in total. The maximum absolute atomic E-state index is 5.09. The number of hydrogen-bond acceptors (Lipinski definition) is 1. The van der Waals surface area contributed by atoms with Gasteiger partial charge in [-0.2, -0.15) is 0 Å². The van der Waals surface area contributed by atoms with Gasteiger partial charge in [0.25, 0.3) is 0 Å². The van der Waals surface area contributed by atoms with Gasteiger partial charge in [-0.25, -0.2) is 0 Å². The third-order valence-corrected chi connectivity index (χ3v) is 3.11. The van der Waals surface area contributed by atoms with Crippen molar-refractivity contribution in [2.75, 3.05) is 32.8 Å². The van der Waals surface area contributed by atoms with Crippen molar-refractivity contribution in [1.82, 2.24) is 0 Å². The number of unbranched alkanes of at least 4 members (excludes halogenated alkanes) is 1. The van der Waals surface area contributed by atoms with E-state index in [0.717, 1.165) is 11.0 Å². The standard InChI is InChI=1S/C13H26NO/c1-5-9-11-14(7-3,10-6-2)12-13-15-8-4/h4H,5-7,9-13H2,1-3H3/q+1. The molecule has 0 radical (unpaired) electrons. The summed E-state index contributed by atoms with van der Waals surface area (Å²) in [6.45, 7) is 12.2. The predicted molar refractivity (Wildman–Crippen MR) is 65.4 cm³/mol. The first-order chi connectivity index (χ1) is 7.24. The summed E-state index contributed by atoms with van der Waals surface area (Å²) < 4.78 is 6.19. The van der Waals surface area contributed by atoms with Crippen LogP contribution in [0.3, 0.4) is 0 Å². The highest BCUT2D eigenvalue weighted by Crippen LogP contribution is 2.10. The lowest BCUT2D eigenvalue weighted by Crippen LogP contribution is -2.51. The maximum Gasteiger partial charge on any atom is 0.149 e. The van der Waals surface area contributed by atoms with E-state index < -0.39 is 0 Å². The first-order valence-corrected chi connectivity index (χ1v) is 6.17. The molecule has 0 aromatic carbocycles. The number of hydrogen-bond donors (Lipinski definition) is 0. The largest absolute Gasteiger partial charge is 0.441 e. The number of terminal acetylenes is 1. The van der Waals surface area contributed by atoms with Crippen molar-refractivity contribution < 1.29 is 9.22 Å². The van der Waals surface area contributed by atoms with Crippen LogP contribution < -0.4 is 0 Å². The topological polar surface area (TPSA) is 9.23 Å². The Kier molecular flexibility index (Phi) is 8.22. The zero-order valence-electron chi connectivity index (χ0n) is 10.6. The normalized spacial score (nSPS) is 14.3. The molecule has 15 heavy (non-hydrogen) atoms. The van der Waals surface area contributed by atoms with E-state index in [-0.39, 0.29) is 0 Å². The zero-order valence-corrected chi connectivity index (χ0v) is 10.6. The quantitative estimate of drug-likeness (QED) is 0.324. The average molecular weight is 212 g/mol. The van der Waals surface area contributed by atoms with Gasteiger partial charge in [0.1, 0.15) is 19.3 Å². The van der Waals surface area contributed by atoms with E-state index in [1.54, 1.807) is 0 Å². The van der Waals surface area contributed by atoms with E-state index >= 15 is 0 Å². The molecule has 1 atom stereocenters. The summed E-state index contributed by atoms with van der Waals surface area (Å²) in [5.74, 6) is 0. The van der Waals surface area contributed by atoms with Crippen LogP contribution in [0.4, 0.5) is 0 Å². The molecule has 0 aromatic rings. The third-order valence-electron chi connectivity index (χ3n) is 3.11. The molecular weight excluding hydrogens is 186 g/mol. The molecule has 0 fully saturated rings. The Bertz CT molecular complexity index is 185. The predicted octanol–water partition coefficient (Wildman–Crippen LogP) is 2.64. The molecule has 0 rings (SSSR count). The molecule has 0 aliphatic heterocycles. The SMILES string of the molecule is C#COCC[N+](CC)(CCC)CCCC. The van der Waals surface area contributed by atoms with E-state index in [9.17, 15) is 0 Å². The molecule has 0 saturated heterocycles. The van der Waals surface area contributed by atoms with Gasteiger partial charge in [-0.05, 0) is 19.8 Å². The molecular formula is C13H26NO+. The van der Waals surface area contributed by atoms with E-state index in [2.05, 4.69) is 26.9 Å². The summed E-state index contributed by atoms with van der Waals surface area (Å²) in [6.07, 6.45) is 11.1. The number of rotatable bonds is 9. The lowest BCUT2D eigenvalue weighted by Gasteiger charge is -2.37. The highest BCUT2D eigenvalue weighted by Gasteiger charge is 2.23. The van der Waals surface area contributed by atoms with Crippen molar-refractivity contribution in [3.63, 3.8) is 0 Å². The first kappa shape index (κ1) is 14.3. The smallest absolute Gasteiger partial charge is 0.149 e. The minimum absolute atomic E-state index is 0.689. The molecule has 0 heterocycles. The van der Waals surface area contributed by atoms with Crippen LogP contribution in [-0.4, -0.2) is 37.3 Å². The molecule has 0 aliphatic carbocycles. The number of ether oxygens (including phenoxy) is 1. The average Bonchev–Trinajstić information content (AvgIpc) is 2.26. The number of nitrogens with zero attached hydrogens (tertiary/aromatic N) is 1. The lowest BCUT2D eigenvalue weighted by atomic mass is 10.2. The van der Waals surface area contributed by atoms with E-state index in [4.69, 9.17) is 11.2 Å². The number of likely N-dealkylation sites (N-methyl/N-ethyl adjacent to an activating group) is 1. The van der Waals surface area contributed by atoms with E-state index in [1.807, 2.05) is 0 Å². The Morgan fingerprint density at radius 2 is 1.80 bits per heavy atom. The summed E-state index contributed by atoms with van der Waals surface area (Å²) in [6, 6.07) is 0. The van der Waals surface area contributed by atoms with Crippen LogP contribution in [0.15, 0.2) is 0 Å². The summed E-state index contributed by atoms with van der Waals surface area (Å²) in [7, 11) is 0. The van der Waals surface area contributed by atoms with Gasteiger partial charge in [-0.3, -0.25) is 0 Å². The summed E-state index contributed by atoms with van der Waals surface area (Å²) in [5, 5.41) is 0. The monoisotopic (exact) mass is 212 g/mol.